The van der Waals surface area contributed by atoms with Gasteiger partial charge in [-0.1, -0.05) is 36.4 Å². The molecule has 2 N–H and O–H groups in total. The first-order valence-corrected chi connectivity index (χ1v) is 7.23. The van der Waals surface area contributed by atoms with Crippen LogP contribution in [0.25, 0.3) is 0 Å². The average Bonchev–Trinajstić information content (AvgIpc) is 2.54. The van der Waals surface area contributed by atoms with Crippen LogP contribution in [0.4, 0.5) is 5.82 Å². The number of hydrogen-bond acceptors (Lipinski definition) is 5. The summed E-state index contributed by atoms with van der Waals surface area (Å²) in [6.07, 6.45) is 1.67. The van der Waals surface area contributed by atoms with E-state index in [-0.39, 0.29) is 17.7 Å². The normalized spacial score (nSPS) is 20.0. The molecule has 1 aromatic carbocycles. The van der Waals surface area contributed by atoms with E-state index in [4.69, 9.17) is 10.5 Å². The number of benzene rings is 1. The first-order chi connectivity index (χ1) is 10.7. The minimum atomic E-state index is -0.626. The molecule has 0 spiro atoms. The van der Waals surface area contributed by atoms with Crippen LogP contribution in [0.5, 0.6) is 0 Å². The molecule has 2 atom stereocenters. The Morgan fingerprint density at radius 3 is 2.73 bits per heavy atom. The SMILES string of the molecule is CCOC(=O)[C@H]1C(N)=Nc2ncccc2[C@@H]1c1ccccc1. The van der Waals surface area contributed by atoms with E-state index < -0.39 is 5.92 Å². The molecule has 0 amide bonds. The summed E-state index contributed by atoms with van der Waals surface area (Å²) in [5.41, 5.74) is 7.94. The van der Waals surface area contributed by atoms with Crippen LogP contribution < -0.4 is 5.73 Å². The van der Waals surface area contributed by atoms with Crippen LogP contribution in [0.15, 0.2) is 53.7 Å². The second-order valence-electron chi connectivity index (χ2n) is 5.07. The quantitative estimate of drug-likeness (QED) is 0.882. The lowest BCUT2D eigenvalue weighted by Gasteiger charge is -2.29. The third kappa shape index (κ3) is 2.45. The predicted octanol–water partition coefficient (Wildman–Crippen LogP) is 2.40. The highest BCUT2D eigenvalue weighted by Crippen LogP contribution is 2.40. The summed E-state index contributed by atoms with van der Waals surface area (Å²) in [6.45, 7) is 2.09. The molecule has 1 aliphatic rings. The maximum atomic E-state index is 12.4. The Morgan fingerprint density at radius 1 is 1.23 bits per heavy atom. The number of ether oxygens (including phenoxy) is 1. The number of fused-ring (bicyclic) bond motifs is 1. The highest BCUT2D eigenvalue weighted by atomic mass is 16.5. The molecule has 0 unspecified atom stereocenters. The predicted molar refractivity (Wildman–Crippen MR) is 83.9 cm³/mol. The number of rotatable bonds is 3. The van der Waals surface area contributed by atoms with E-state index >= 15 is 0 Å². The summed E-state index contributed by atoms with van der Waals surface area (Å²) in [5.74, 6) is -0.402. The zero-order chi connectivity index (χ0) is 15.5. The van der Waals surface area contributed by atoms with Crippen LogP contribution in [0.3, 0.4) is 0 Å². The molecule has 5 nitrogen and oxygen atoms in total. The van der Waals surface area contributed by atoms with E-state index in [2.05, 4.69) is 9.98 Å². The fraction of sp³-hybridized carbons (Fsp3) is 0.235. The zero-order valence-corrected chi connectivity index (χ0v) is 12.3. The average molecular weight is 295 g/mol. The first kappa shape index (κ1) is 14.3. The number of hydrogen-bond donors (Lipinski definition) is 1. The minimum Gasteiger partial charge on any atom is -0.465 e. The van der Waals surface area contributed by atoms with Gasteiger partial charge < -0.3 is 10.5 Å². The van der Waals surface area contributed by atoms with Crippen molar-refractivity contribution in [3.05, 3.63) is 59.8 Å². The molecule has 0 bridgehead atoms. The lowest BCUT2D eigenvalue weighted by molar-refractivity contribution is -0.146. The largest absolute Gasteiger partial charge is 0.465 e. The monoisotopic (exact) mass is 295 g/mol. The van der Waals surface area contributed by atoms with E-state index in [1.165, 1.54) is 0 Å². The van der Waals surface area contributed by atoms with Crippen LogP contribution in [-0.4, -0.2) is 23.4 Å². The Morgan fingerprint density at radius 2 is 2.00 bits per heavy atom. The first-order valence-electron chi connectivity index (χ1n) is 7.23. The van der Waals surface area contributed by atoms with Crippen molar-refractivity contribution in [2.45, 2.75) is 12.8 Å². The minimum absolute atomic E-state index is 0.235. The summed E-state index contributed by atoms with van der Waals surface area (Å²) in [4.78, 5) is 21.0. The van der Waals surface area contributed by atoms with Gasteiger partial charge in [0, 0.05) is 17.7 Å². The summed E-state index contributed by atoms with van der Waals surface area (Å²) in [5, 5.41) is 0. The van der Waals surface area contributed by atoms with Gasteiger partial charge in [-0.15, -0.1) is 0 Å². The van der Waals surface area contributed by atoms with Gasteiger partial charge in [-0.2, -0.15) is 0 Å². The second-order valence-corrected chi connectivity index (χ2v) is 5.07. The van der Waals surface area contributed by atoms with Crippen LogP contribution in [0, 0.1) is 5.92 Å². The molecule has 2 heterocycles. The molecule has 1 aliphatic heterocycles. The van der Waals surface area contributed by atoms with Gasteiger partial charge in [0.1, 0.15) is 11.8 Å². The molecule has 3 rings (SSSR count). The van der Waals surface area contributed by atoms with Crippen LogP contribution in [-0.2, 0) is 9.53 Å². The molecule has 0 saturated heterocycles. The highest BCUT2D eigenvalue weighted by Gasteiger charge is 2.39. The Labute approximate surface area is 128 Å². The second kappa shape index (κ2) is 5.97. The third-order valence-electron chi connectivity index (χ3n) is 3.74. The van der Waals surface area contributed by atoms with Gasteiger partial charge in [-0.25, -0.2) is 9.98 Å². The molecule has 0 fully saturated rings. The van der Waals surface area contributed by atoms with Gasteiger partial charge in [0.2, 0.25) is 0 Å². The molecule has 112 valence electrons. The molecule has 22 heavy (non-hydrogen) atoms. The fourth-order valence-corrected chi connectivity index (χ4v) is 2.81. The third-order valence-corrected chi connectivity index (χ3v) is 3.74. The molecule has 5 heteroatoms. The Balaban J connectivity index is 2.14. The summed E-state index contributed by atoms with van der Waals surface area (Å²) in [7, 11) is 0. The van der Waals surface area contributed by atoms with Crippen molar-refractivity contribution in [3.63, 3.8) is 0 Å². The van der Waals surface area contributed by atoms with Crippen molar-refractivity contribution in [2.75, 3.05) is 6.61 Å². The summed E-state index contributed by atoms with van der Waals surface area (Å²) >= 11 is 0. The zero-order valence-electron chi connectivity index (χ0n) is 12.3. The molecular formula is C17H17N3O2. The number of carbonyl (C=O) groups excluding carboxylic acids is 1. The standard InChI is InChI=1S/C17H17N3O2/c1-2-22-17(21)14-13(11-7-4-3-5-8-11)12-9-6-10-19-16(12)20-15(14)18/h3-10,13-14H,2H2,1H3,(H2,18,19,20)/t13-,14+/m0/s1. The maximum absolute atomic E-state index is 12.4. The summed E-state index contributed by atoms with van der Waals surface area (Å²) < 4.78 is 5.20. The number of nitrogens with two attached hydrogens (primary N) is 1. The smallest absolute Gasteiger partial charge is 0.317 e. The van der Waals surface area contributed by atoms with Crippen LogP contribution in [0.1, 0.15) is 24.0 Å². The number of aliphatic imine (C=N–C) groups is 1. The number of nitrogens with zero attached hydrogens (tertiary/aromatic N) is 2. The molecular weight excluding hydrogens is 278 g/mol. The van der Waals surface area contributed by atoms with E-state index in [0.29, 0.717) is 12.4 Å². The van der Waals surface area contributed by atoms with Crippen molar-refractivity contribution < 1.29 is 9.53 Å². The highest BCUT2D eigenvalue weighted by molar-refractivity contribution is 6.04. The van der Waals surface area contributed by atoms with Crippen LogP contribution >= 0.6 is 0 Å². The number of esters is 1. The van der Waals surface area contributed by atoms with Crippen molar-refractivity contribution in [3.8, 4) is 0 Å². The molecule has 0 aliphatic carbocycles. The van der Waals surface area contributed by atoms with Gasteiger partial charge in [0.05, 0.1) is 6.61 Å². The fourth-order valence-electron chi connectivity index (χ4n) is 2.81. The van der Waals surface area contributed by atoms with Crippen molar-refractivity contribution >= 4 is 17.6 Å². The van der Waals surface area contributed by atoms with Crippen LogP contribution in [0.2, 0.25) is 0 Å². The van der Waals surface area contributed by atoms with E-state index in [0.717, 1.165) is 11.1 Å². The Hall–Kier alpha value is -2.69. The molecule has 0 radical (unpaired) electrons. The molecule has 1 aromatic heterocycles. The lowest BCUT2D eigenvalue weighted by atomic mass is 9.78. The van der Waals surface area contributed by atoms with E-state index in [1.807, 2.05) is 42.5 Å². The molecule has 2 aromatic rings. The Bertz CT molecular complexity index is 713. The van der Waals surface area contributed by atoms with Crippen molar-refractivity contribution in [1.82, 2.24) is 4.98 Å². The maximum Gasteiger partial charge on any atom is 0.317 e. The molecule has 0 saturated carbocycles. The van der Waals surface area contributed by atoms with Gasteiger partial charge in [0.15, 0.2) is 5.82 Å². The lowest BCUT2D eigenvalue weighted by Crippen LogP contribution is -2.39. The van der Waals surface area contributed by atoms with Gasteiger partial charge in [-0.05, 0) is 18.6 Å². The number of aromatic nitrogens is 1. The summed E-state index contributed by atoms with van der Waals surface area (Å²) in [6, 6.07) is 13.5. The van der Waals surface area contributed by atoms with Gasteiger partial charge in [-0.3, -0.25) is 4.79 Å². The number of amidine groups is 1. The Kier molecular flexibility index (Phi) is 3.87. The van der Waals surface area contributed by atoms with Crippen molar-refractivity contribution in [2.24, 2.45) is 16.6 Å². The number of carbonyl (C=O) groups is 1. The number of pyridine rings is 1. The van der Waals surface area contributed by atoms with Crippen molar-refractivity contribution in [1.29, 1.82) is 0 Å². The van der Waals surface area contributed by atoms with Gasteiger partial charge in [0.25, 0.3) is 0 Å². The van der Waals surface area contributed by atoms with E-state index in [9.17, 15) is 4.79 Å². The van der Waals surface area contributed by atoms with E-state index in [1.54, 1.807) is 13.1 Å². The topological polar surface area (TPSA) is 77.6 Å². The van der Waals surface area contributed by atoms with Gasteiger partial charge >= 0.3 is 5.97 Å².